The van der Waals surface area contributed by atoms with E-state index in [1.165, 1.54) is 0 Å². The van der Waals surface area contributed by atoms with Gasteiger partial charge in [-0.1, -0.05) is 6.07 Å². The molecule has 1 unspecified atom stereocenters. The van der Waals surface area contributed by atoms with Gasteiger partial charge in [-0.15, -0.1) is 0 Å². The Balaban J connectivity index is 2.40. The first-order valence-corrected chi connectivity index (χ1v) is 5.83. The molecular weight excluding hydrogens is 214 g/mol. The van der Waals surface area contributed by atoms with Gasteiger partial charge in [0.05, 0.1) is 6.04 Å². The highest BCUT2D eigenvalue weighted by Crippen LogP contribution is 2.00. The van der Waals surface area contributed by atoms with Gasteiger partial charge in [-0.05, 0) is 39.3 Å². The molecule has 0 aliphatic carbocycles. The lowest BCUT2D eigenvalue weighted by atomic mass is 10.1. The summed E-state index contributed by atoms with van der Waals surface area (Å²) in [5.41, 5.74) is 0.879. The van der Waals surface area contributed by atoms with Crippen molar-refractivity contribution in [2.45, 2.75) is 45.8 Å². The fourth-order valence-electron chi connectivity index (χ4n) is 1.34. The molecule has 94 valence electrons. The fourth-order valence-corrected chi connectivity index (χ4v) is 1.34. The number of pyridine rings is 1. The number of hydrogen-bond donors (Lipinski definition) is 2. The average Bonchev–Trinajstić information content (AvgIpc) is 2.25. The number of nitrogens with zero attached hydrogens (tertiary/aromatic N) is 1. The Bertz CT molecular complexity index is 357. The van der Waals surface area contributed by atoms with Crippen LogP contribution in [0.2, 0.25) is 0 Å². The van der Waals surface area contributed by atoms with Crippen molar-refractivity contribution in [1.82, 2.24) is 15.6 Å². The largest absolute Gasteiger partial charge is 0.350 e. The predicted molar refractivity (Wildman–Crippen MR) is 68.4 cm³/mol. The first kappa shape index (κ1) is 13.6. The normalized spacial score (nSPS) is 13.2. The molecule has 0 aromatic carbocycles. The van der Waals surface area contributed by atoms with E-state index < -0.39 is 0 Å². The van der Waals surface area contributed by atoms with Crippen LogP contribution in [0.1, 0.15) is 33.3 Å². The minimum atomic E-state index is -0.213. The third-order valence-electron chi connectivity index (χ3n) is 2.23. The topological polar surface area (TPSA) is 54.0 Å². The molecule has 0 aliphatic rings. The predicted octanol–water partition coefficient (Wildman–Crippen LogP) is 1.47. The summed E-state index contributed by atoms with van der Waals surface area (Å²) in [7, 11) is 0. The van der Waals surface area contributed by atoms with Gasteiger partial charge in [0.15, 0.2) is 0 Å². The van der Waals surface area contributed by atoms with Crippen LogP contribution < -0.4 is 10.6 Å². The van der Waals surface area contributed by atoms with Gasteiger partial charge in [-0.2, -0.15) is 0 Å². The van der Waals surface area contributed by atoms with E-state index in [1.54, 1.807) is 12.4 Å². The number of amides is 1. The Morgan fingerprint density at radius 2 is 2.18 bits per heavy atom. The first-order valence-electron chi connectivity index (χ1n) is 5.83. The van der Waals surface area contributed by atoms with E-state index in [2.05, 4.69) is 15.6 Å². The number of carbonyl (C=O) groups excluding carboxylic acids is 1. The standard InChI is InChI=1S/C13H21N3O/c1-10(12(17)16-13(2,3)4)15-9-11-6-5-7-14-8-11/h5-8,10,15H,9H2,1-4H3,(H,16,17). The van der Waals surface area contributed by atoms with Gasteiger partial charge in [0.1, 0.15) is 0 Å². The molecule has 17 heavy (non-hydrogen) atoms. The number of nitrogens with one attached hydrogen (secondary N) is 2. The van der Waals surface area contributed by atoms with Crippen LogP contribution in [0.15, 0.2) is 24.5 Å². The Kier molecular flexibility index (Phi) is 4.63. The van der Waals surface area contributed by atoms with Gasteiger partial charge >= 0.3 is 0 Å². The second kappa shape index (κ2) is 5.77. The summed E-state index contributed by atoms with van der Waals surface area (Å²) in [4.78, 5) is 15.8. The smallest absolute Gasteiger partial charge is 0.237 e. The third-order valence-corrected chi connectivity index (χ3v) is 2.23. The molecule has 0 saturated heterocycles. The Morgan fingerprint density at radius 3 is 2.71 bits per heavy atom. The van der Waals surface area contributed by atoms with Gasteiger partial charge in [-0.3, -0.25) is 9.78 Å². The van der Waals surface area contributed by atoms with Gasteiger partial charge in [-0.25, -0.2) is 0 Å². The summed E-state index contributed by atoms with van der Waals surface area (Å²) < 4.78 is 0. The van der Waals surface area contributed by atoms with Crippen LogP contribution in [0.25, 0.3) is 0 Å². The van der Waals surface area contributed by atoms with Crippen molar-refractivity contribution in [3.05, 3.63) is 30.1 Å². The number of carbonyl (C=O) groups is 1. The van der Waals surface area contributed by atoms with Crippen molar-refractivity contribution < 1.29 is 4.79 Å². The van der Waals surface area contributed by atoms with Crippen LogP contribution in [0.3, 0.4) is 0 Å². The lowest BCUT2D eigenvalue weighted by Crippen LogP contribution is -2.49. The summed E-state index contributed by atoms with van der Waals surface area (Å²) >= 11 is 0. The molecule has 1 rings (SSSR count). The lowest BCUT2D eigenvalue weighted by Gasteiger charge is -2.23. The molecule has 2 N–H and O–H groups in total. The summed E-state index contributed by atoms with van der Waals surface area (Å²) in [6.45, 7) is 8.42. The SMILES string of the molecule is CC(NCc1cccnc1)C(=O)NC(C)(C)C. The highest BCUT2D eigenvalue weighted by molar-refractivity contribution is 5.81. The van der Waals surface area contributed by atoms with Crippen LogP contribution in [0, 0.1) is 0 Å². The zero-order valence-electron chi connectivity index (χ0n) is 10.9. The van der Waals surface area contributed by atoms with E-state index in [4.69, 9.17) is 0 Å². The highest BCUT2D eigenvalue weighted by Gasteiger charge is 2.18. The molecule has 1 heterocycles. The van der Waals surface area contributed by atoms with Crippen LogP contribution in [-0.2, 0) is 11.3 Å². The molecule has 4 heteroatoms. The quantitative estimate of drug-likeness (QED) is 0.831. The fraction of sp³-hybridized carbons (Fsp3) is 0.538. The number of hydrogen-bond acceptors (Lipinski definition) is 3. The van der Waals surface area contributed by atoms with E-state index in [0.29, 0.717) is 6.54 Å². The Labute approximate surface area is 103 Å². The van der Waals surface area contributed by atoms with Crippen molar-refractivity contribution >= 4 is 5.91 Å². The average molecular weight is 235 g/mol. The maximum absolute atomic E-state index is 11.8. The number of rotatable bonds is 4. The van der Waals surface area contributed by atoms with Crippen molar-refractivity contribution in [2.24, 2.45) is 0 Å². The van der Waals surface area contributed by atoms with Crippen LogP contribution in [-0.4, -0.2) is 22.5 Å². The lowest BCUT2D eigenvalue weighted by molar-refractivity contribution is -0.124. The summed E-state index contributed by atoms with van der Waals surface area (Å²) in [5, 5.41) is 6.11. The molecule has 1 aromatic heterocycles. The minimum absolute atomic E-state index is 0.0152. The van der Waals surface area contributed by atoms with Gasteiger partial charge in [0.2, 0.25) is 5.91 Å². The molecule has 4 nitrogen and oxygen atoms in total. The van der Waals surface area contributed by atoms with Crippen molar-refractivity contribution in [3.8, 4) is 0 Å². The summed E-state index contributed by atoms with van der Waals surface area (Å²) in [6.07, 6.45) is 3.53. The molecule has 0 radical (unpaired) electrons. The molecule has 0 aliphatic heterocycles. The van der Waals surface area contributed by atoms with E-state index in [9.17, 15) is 4.79 Å². The monoisotopic (exact) mass is 235 g/mol. The van der Waals surface area contributed by atoms with E-state index in [0.717, 1.165) is 5.56 Å². The maximum Gasteiger partial charge on any atom is 0.237 e. The van der Waals surface area contributed by atoms with E-state index in [-0.39, 0.29) is 17.5 Å². The molecular formula is C13H21N3O. The van der Waals surface area contributed by atoms with E-state index >= 15 is 0 Å². The summed E-state index contributed by atoms with van der Waals surface area (Å²) in [5.74, 6) is 0.0152. The van der Waals surface area contributed by atoms with Gasteiger partial charge in [0.25, 0.3) is 0 Å². The molecule has 1 atom stereocenters. The Morgan fingerprint density at radius 1 is 1.47 bits per heavy atom. The number of aromatic nitrogens is 1. The molecule has 0 saturated carbocycles. The van der Waals surface area contributed by atoms with Crippen LogP contribution >= 0.6 is 0 Å². The van der Waals surface area contributed by atoms with Crippen LogP contribution in [0.5, 0.6) is 0 Å². The summed E-state index contributed by atoms with van der Waals surface area (Å²) in [6, 6.07) is 3.65. The maximum atomic E-state index is 11.8. The minimum Gasteiger partial charge on any atom is -0.350 e. The zero-order valence-corrected chi connectivity index (χ0v) is 10.9. The van der Waals surface area contributed by atoms with Gasteiger partial charge < -0.3 is 10.6 Å². The second-order valence-electron chi connectivity index (χ2n) is 5.20. The van der Waals surface area contributed by atoms with Crippen molar-refractivity contribution in [3.63, 3.8) is 0 Å². The molecule has 1 amide bonds. The first-order chi connectivity index (χ1) is 7.88. The van der Waals surface area contributed by atoms with Crippen molar-refractivity contribution in [1.29, 1.82) is 0 Å². The van der Waals surface area contributed by atoms with Crippen LogP contribution in [0.4, 0.5) is 0 Å². The van der Waals surface area contributed by atoms with E-state index in [1.807, 2.05) is 39.8 Å². The van der Waals surface area contributed by atoms with Gasteiger partial charge in [0, 0.05) is 24.5 Å². The molecule has 0 spiro atoms. The Hall–Kier alpha value is -1.42. The zero-order chi connectivity index (χ0) is 12.9. The molecule has 0 fully saturated rings. The third kappa shape index (κ3) is 5.45. The second-order valence-corrected chi connectivity index (χ2v) is 5.20. The van der Waals surface area contributed by atoms with Crippen molar-refractivity contribution in [2.75, 3.05) is 0 Å². The molecule has 1 aromatic rings. The molecule has 0 bridgehead atoms. The highest BCUT2D eigenvalue weighted by atomic mass is 16.2.